The van der Waals surface area contributed by atoms with Gasteiger partial charge in [0.2, 0.25) is 24.8 Å². The predicted molar refractivity (Wildman–Crippen MR) is 328 cm³/mol. The number of aliphatic hydroxyl groups excluding tert-OH is 5. The fourth-order valence-electron chi connectivity index (χ4n) is 8.09. The van der Waals surface area contributed by atoms with E-state index < -0.39 is 173 Å². The van der Waals surface area contributed by atoms with Crippen molar-refractivity contribution in [1.29, 1.82) is 10.7 Å². The van der Waals surface area contributed by atoms with Crippen molar-refractivity contribution in [2.45, 2.75) is 212 Å². The monoisotopic (exact) mass is 1480 g/mol. The summed E-state index contributed by atoms with van der Waals surface area (Å²) in [6.45, 7) is 23.4. The summed E-state index contributed by atoms with van der Waals surface area (Å²) >= 11 is 31.5. The van der Waals surface area contributed by atoms with Crippen LogP contribution in [-0.4, -0.2) is 218 Å². The van der Waals surface area contributed by atoms with Gasteiger partial charge in [-0.1, -0.05) is 119 Å². The second-order valence-electron chi connectivity index (χ2n) is 20.5. The number of esters is 10. The number of nitrogens with zero attached hydrogens (tertiary/aromatic N) is 1. The van der Waals surface area contributed by atoms with E-state index in [4.69, 9.17) is 164 Å². The number of carbonyl (C=O) groups excluding carboxylic acids is 10. The van der Waals surface area contributed by atoms with Crippen LogP contribution in [0.3, 0.4) is 0 Å². The first-order valence-electron chi connectivity index (χ1n) is 28.3. The molecule has 6 N–H and O–H groups in total. The number of nitriles is 1. The molecule has 38 heteroatoms. The molecule has 0 saturated carbocycles. The molecule has 4 fully saturated rings. The van der Waals surface area contributed by atoms with Gasteiger partial charge in [0, 0.05) is 87.0 Å². The molecule has 0 aromatic rings. The minimum atomic E-state index is -2.08. The van der Waals surface area contributed by atoms with Gasteiger partial charge in [0.1, 0.15) is 50.3 Å². The van der Waals surface area contributed by atoms with Gasteiger partial charge in [-0.15, -0.1) is 0 Å². The largest absolute Gasteiger partial charge is 0.463 e. The Morgan fingerprint density at radius 3 is 0.936 bits per heavy atom. The molecule has 0 amide bonds. The van der Waals surface area contributed by atoms with E-state index in [1.54, 1.807) is 0 Å². The summed E-state index contributed by atoms with van der Waals surface area (Å²) in [4.78, 5) is 109. The average Bonchev–Trinajstić information content (AvgIpc) is 0.836. The van der Waals surface area contributed by atoms with Crippen LogP contribution in [0.25, 0.3) is 0 Å². The number of aliphatic hydroxyl groups is 5. The van der Waals surface area contributed by atoms with E-state index in [1.807, 2.05) is 41.5 Å². The van der Waals surface area contributed by atoms with Gasteiger partial charge in [-0.2, -0.15) is 5.26 Å². The minimum Gasteiger partial charge on any atom is -0.463 e. The van der Waals surface area contributed by atoms with E-state index in [9.17, 15) is 52.3 Å². The molecule has 4 aliphatic heterocycles. The molecule has 20 unspecified atom stereocenters. The summed E-state index contributed by atoms with van der Waals surface area (Å²) < 4.78 is 83.2. The lowest BCUT2D eigenvalue weighted by atomic mass is 9.83. The van der Waals surface area contributed by atoms with E-state index in [0.717, 1.165) is 0 Å². The molecule has 4 aliphatic rings. The molecule has 4 heterocycles. The molecule has 0 aromatic heterocycles. The van der Waals surface area contributed by atoms with Gasteiger partial charge >= 0.3 is 59.7 Å². The summed E-state index contributed by atoms with van der Waals surface area (Å²) in [5.41, 5.74) is 0. The van der Waals surface area contributed by atoms with Crippen LogP contribution < -0.4 is 0 Å². The number of ether oxygens (including phenoxy) is 14. The number of alkyl halides is 7. The number of hydrogen-bond donors (Lipinski definition) is 6. The SMILES string of the molecule is C.CC(=O)OC(C)=O.CC(=O)OCC1OC(OC(=N)C(Cl)(Cl)Cl)C(OC(C)=O)C(C)C1C.CC(=O)OCC1OC(OC(C)=O)C(OC(C)=O)C(C)C1C.CC(=O)OCC1OC(OC(C)=O)C(OC(C)=O)C(C)C1C.N#CC(Cl)(Cl)Cl.OCC1OC(O)C(O)C(O)C1O.[2H]CF. The van der Waals surface area contributed by atoms with Gasteiger partial charge in [-0.3, -0.25) is 57.7 Å². The first kappa shape index (κ1) is 93.4. The van der Waals surface area contributed by atoms with Crippen LogP contribution in [0.2, 0.25) is 0 Å². The van der Waals surface area contributed by atoms with Crippen LogP contribution in [0.5, 0.6) is 0 Å². The Labute approximate surface area is 575 Å². The van der Waals surface area contributed by atoms with Crippen molar-refractivity contribution in [2.24, 2.45) is 35.5 Å². The lowest BCUT2D eigenvalue weighted by Crippen LogP contribution is -2.58. The Morgan fingerprint density at radius 1 is 0.468 bits per heavy atom. The average molecular weight is 1490 g/mol. The van der Waals surface area contributed by atoms with Crippen molar-refractivity contribution in [2.75, 3.05) is 33.6 Å². The first-order chi connectivity index (χ1) is 43.0. The maximum Gasteiger partial charge on any atom is 0.310 e. The predicted octanol–water partition coefficient (Wildman–Crippen LogP) is 4.90. The highest BCUT2D eigenvalue weighted by atomic mass is 35.6. The van der Waals surface area contributed by atoms with Gasteiger partial charge in [0.15, 0.2) is 24.6 Å². The highest BCUT2D eigenvalue weighted by Gasteiger charge is 2.49. The highest BCUT2D eigenvalue weighted by molar-refractivity contribution is 6.76. The van der Waals surface area contributed by atoms with Crippen LogP contribution in [0.1, 0.15) is 120 Å². The van der Waals surface area contributed by atoms with E-state index in [1.165, 1.54) is 75.3 Å². The standard InChI is InChI=1S/C14H20Cl3NO6.2C14H22O7.C6H12O6.C4H6O3.C2Cl3N.CH3F.CH4/c1-6-7(2)11(22-9(4)20)12(24-13(18)14(15,16)17)23-10(6)5-21-8(3)19;2*1-7-8(2)13(19-10(4)16)14(20-11(5)17)21-12(7)6-18-9(3)15;7-1-2-3(8)4(9)5(10)6(11)12-2;1-3(5)7-4(2)6;3-2(4,5)1-6;1-2;/h6-7,10-12,18H,5H2,1-4H3;2*7-8,12-14H,6H2,1-5H3;2-11H,1H2;1-2H3;;1H3;1H4/i;;;;;;1D;. The fraction of sp³-hybridized carbons (Fsp3) is 0.786. The van der Waals surface area contributed by atoms with Crippen molar-refractivity contribution in [3.8, 4) is 6.07 Å². The maximum absolute atomic E-state index is 11.4. The van der Waals surface area contributed by atoms with Crippen molar-refractivity contribution >= 4 is 135 Å². The van der Waals surface area contributed by atoms with Crippen LogP contribution in [0.4, 0.5) is 4.39 Å². The molecule has 0 aromatic carbocycles. The maximum atomic E-state index is 11.4. The van der Waals surface area contributed by atoms with Crippen molar-refractivity contribution in [3.05, 3.63) is 0 Å². The molecule has 20 atom stereocenters. The lowest BCUT2D eigenvalue weighted by molar-refractivity contribution is -0.286. The number of halogens is 7. The number of rotatable bonds is 13. The smallest absolute Gasteiger partial charge is 0.310 e. The van der Waals surface area contributed by atoms with Gasteiger partial charge in [-0.05, 0) is 17.8 Å². The summed E-state index contributed by atoms with van der Waals surface area (Å²) in [7, 11) is -1.00. The third-order valence-corrected chi connectivity index (χ3v) is 13.9. The minimum absolute atomic E-state index is 0. The summed E-state index contributed by atoms with van der Waals surface area (Å²) in [5.74, 6) is -6.27. The number of nitrogens with one attached hydrogen (secondary N) is 1. The Hall–Kier alpha value is -4.83. The number of carbonyl (C=O) groups is 10. The Kier molecular flexibility index (Phi) is 46.9. The number of hydrogen-bond acceptors (Lipinski definition) is 31. The highest BCUT2D eigenvalue weighted by Crippen LogP contribution is 2.38. The molecule has 4 rings (SSSR count). The van der Waals surface area contributed by atoms with Gasteiger partial charge in [0.05, 0.1) is 33.4 Å². The third kappa shape index (κ3) is 38.8. The zero-order valence-electron chi connectivity index (χ0n) is 54.7. The van der Waals surface area contributed by atoms with Gasteiger partial charge in [-0.25, -0.2) is 0 Å². The van der Waals surface area contributed by atoms with Gasteiger partial charge < -0.3 is 91.8 Å². The second-order valence-corrected chi connectivity index (χ2v) is 25.1. The Bertz CT molecular complexity index is 2360. The topological polar surface area (TPSA) is 449 Å². The Balaban J connectivity index is -0.000000544. The molecule has 0 radical (unpaired) electrons. The van der Waals surface area contributed by atoms with Crippen LogP contribution >= 0.6 is 69.6 Å². The summed E-state index contributed by atoms with van der Waals surface area (Å²) in [6.07, 6.45) is -13.8. The van der Waals surface area contributed by atoms with E-state index in [2.05, 4.69) is 9.47 Å². The van der Waals surface area contributed by atoms with E-state index in [-0.39, 0.29) is 62.8 Å². The zero-order chi connectivity index (χ0) is 74.0. The van der Waals surface area contributed by atoms with E-state index in [0.29, 0.717) is 0 Å². The Morgan fingerprint density at radius 2 is 0.734 bits per heavy atom. The molecule has 4 saturated heterocycles. The molecule has 0 bridgehead atoms. The molecule has 94 heavy (non-hydrogen) atoms. The van der Waals surface area contributed by atoms with Crippen molar-refractivity contribution < 1.29 is 146 Å². The normalized spacial score (nSPS) is 29.8. The summed E-state index contributed by atoms with van der Waals surface area (Å²) in [5, 5.41) is 60.1. The van der Waals surface area contributed by atoms with Crippen molar-refractivity contribution in [3.63, 3.8) is 0 Å². The van der Waals surface area contributed by atoms with Crippen LogP contribution in [0.15, 0.2) is 0 Å². The molecular weight excluding hydrogens is 1400 g/mol. The van der Waals surface area contributed by atoms with E-state index >= 15 is 0 Å². The molecule has 0 spiro atoms. The molecular formula is C56H89Cl6FN2O29. The fourth-order valence-corrected chi connectivity index (χ4v) is 8.23. The first-order valence-corrected chi connectivity index (χ1v) is 29.9. The molecule has 31 nitrogen and oxygen atoms in total. The molecule has 0 aliphatic carbocycles. The summed E-state index contributed by atoms with van der Waals surface area (Å²) in [6, 6.07) is 1.40. The van der Waals surface area contributed by atoms with Crippen LogP contribution in [0, 0.1) is 52.2 Å². The van der Waals surface area contributed by atoms with Crippen LogP contribution in [-0.2, 0) is 114 Å². The lowest BCUT2D eigenvalue weighted by Gasteiger charge is -2.43. The van der Waals surface area contributed by atoms with Crippen molar-refractivity contribution in [1.82, 2.24) is 0 Å². The zero-order valence-corrected chi connectivity index (χ0v) is 58.2. The molecule has 546 valence electrons. The third-order valence-electron chi connectivity index (χ3n) is 13.1. The second kappa shape index (κ2) is 47.2. The quantitative estimate of drug-likeness (QED) is 0.0356. The van der Waals surface area contributed by atoms with Gasteiger partial charge in [0.25, 0.3) is 7.59 Å².